The highest BCUT2D eigenvalue weighted by atomic mass is 16.5. The Morgan fingerprint density at radius 2 is 2.17 bits per heavy atom. The fourth-order valence-electron chi connectivity index (χ4n) is 1.53. The number of benzene rings is 1. The number of nitrogens with zero attached hydrogens (tertiary/aromatic N) is 1. The summed E-state index contributed by atoms with van der Waals surface area (Å²) >= 11 is 0. The van der Waals surface area contributed by atoms with E-state index < -0.39 is 6.10 Å². The van der Waals surface area contributed by atoms with E-state index >= 15 is 0 Å². The van der Waals surface area contributed by atoms with Crippen LogP contribution in [-0.4, -0.2) is 43.6 Å². The van der Waals surface area contributed by atoms with Gasteiger partial charge in [-0.05, 0) is 24.3 Å². The molecule has 0 amide bonds. The van der Waals surface area contributed by atoms with Crippen molar-refractivity contribution in [3.05, 3.63) is 29.8 Å². The average molecular weight is 248 g/mol. The van der Waals surface area contributed by atoms with Gasteiger partial charge in [0.1, 0.15) is 18.5 Å². The van der Waals surface area contributed by atoms with Gasteiger partial charge in [-0.2, -0.15) is 5.26 Å². The zero-order chi connectivity index (χ0) is 12.8. The maximum absolute atomic E-state index is 9.70. The average Bonchev–Trinajstić information content (AvgIpc) is 2.35. The van der Waals surface area contributed by atoms with Gasteiger partial charge in [0.25, 0.3) is 0 Å². The molecule has 5 heteroatoms. The molecule has 18 heavy (non-hydrogen) atoms. The van der Waals surface area contributed by atoms with Crippen molar-refractivity contribution < 1.29 is 14.6 Å². The Bertz CT molecular complexity index is 409. The summed E-state index contributed by atoms with van der Waals surface area (Å²) in [5, 5.41) is 21.5. The van der Waals surface area contributed by atoms with Crippen LogP contribution in [0.25, 0.3) is 0 Å². The molecular weight excluding hydrogens is 232 g/mol. The van der Waals surface area contributed by atoms with Crippen molar-refractivity contribution in [1.29, 1.82) is 5.26 Å². The predicted octanol–water partition coefficient (Wildman–Crippen LogP) is 0.286. The molecule has 1 atom stereocenters. The summed E-state index contributed by atoms with van der Waals surface area (Å²) in [5.41, 5.74) is 0.592. The molecule has 5 nitrogen and oxygen atoms in total. The topological polar surface area (TPSA) is 74.5 Å². The zero-order valence-corrected chi connectivity index (χ0v) is 10.0. The number of nitriles is 1. The van der Waals surface area contributed by atoms with Crippen LogP contribution < -0.4 is 10.1 Å². The van der Waals surface area contributed by atoms with Gasteiger partial charge in [-0.15, -0.1) is 0 Å². The van der Waals surface area contributed by atoms with E-state index in [0.29, 0.717) is 37.1 Å². The molecule has 0 radical (unpaired) electrons. The van der Waals surface area contributed by atoms with Crippen LogP contribution in [0.2, 0.25) is 0 Å². The van der Waals surface area contributed by atoms with Gasteiger partial charge in [-0.25, -0.2) is 0 Å². The van der Waals surface area contributed by atoms with Crippen molar-refractivity contribution in [1.82, 2.24) is 5.32 Å². The van der Waals surface area contributed by atoms with E-state index in [1.165, 1.54) is 0 Å². The predicted molar refractivity (Wildman–Crippen MR) is 65.3 cm³/mol. The molecule has 1 saturated heterocycles. The van der Waals surface area contributed by atoms with E-state index in [2.05, 4.69) is 5.32 Å². The van der Waals surface area contributed by atoms with Gasteiger partial charge < -0.3 is 19.9 Å². The second-order valence-electron chi connectivity index (χ2n) is 4.24. The number of nitrogens with one attached hydrogen (secondary N) is 1. The summed E-state index contributed by atoms with van der Waals surface area (Å²) in [6.45, 7) is 2.14. The van der Waals surface area contributed by atoms with Gasteiger partial charge in [0.05, 0.1) is 30.9 Å². The van der Waals surface area contributed by atoms with Crippen molar-refractivity contribution in [3.63, 3.8) is 0 Å². The molecule has 0 spiro atoms. The summed E-state index contributed by atoms with van der Waals surface area (Å²) in [4.78, 5) is 0. The Morgan fingerprint density at radius 1 is 1.44 bits per heavy atom. The lowest BCUT2D eigenvalue weighted by Gasteiger charge is -2.28. The number of hydrogen-bond donors (Lipinski definition) is 2. The first-order valence-electron chi connectivity index (χ1n) is 5.90. The summed E-state index contributed by atoms with van der Waals surface area (Å²) in [6, 6.07) is 9.21. The third kappa shape index (κ3) is 3.70. The third-order valence-corrected chi connectivity index (χ3v) is 2.71. The molecule has 1 aliphatic rings. The van der Waals surface area contributed by atoms with Crippen LogP contribution in [-0.2, 0) is 4.74 Å². The summed E-state index contributed by atoms with van der Waals surface area (Å²) in [6.07, 6.45) is -0.554. The number of aliphatic hydroxyl groups excluding tert-OH is 1. The molecule has 1 aliphatic heterocycles. The van der Waals surface area contributed by atoms with Crippen molar-refractivity contribution in [2.24, 2.45) is 0 Å². The highest BCUT2D eigenvalue weighted by Gasteiger charge is 2.18. The molecule has 0 aromatic heterocycles. The third-order valence-electron chi connectivity index (χ3n) is 2.71. The molecule has 1 aromatic carbocycles. The maximum atomic E-state index is 9.70. The molecule has 1 unspecified atom stereocenters. The highest BCUT2D eigenvalue weighted by molar-refractivity contribution is 5.34. The fraction of sp³-hybridized carbons (Fsp3) is 0.462. The van der Waals surface area contributed by atoms with Crippen LogP contribution in [0.15, 0.2) is 24.3 Å². The Balaban J connectivity index is 1.67. The second kappa shape index (κ2) is 6.36. The SMILES string of the molecule is N#Cc1ccc(OCC(O)CNC2COC2)cc1. The molecule has 0 saturated carbocycles. The molecular formula is C13H16N2O3. The summed E-state index contributed by atoms with van der Waals surface area (Å²) in [5.74, 6) is 0.653. The van der Waals surface area contributed by atoms with E-state index in [0.717, 1.165) is 0 Å². The number of hydrogen-bond acceptors (Lipinski definition) is 5. The van der Waals surface area contributed by atoms with Crippen LogP contribution >= 0.6 is 0 Å². The molecule has 1 heterocycles. The standard InChI is InChI=1S/C13H16N2O3/c14-5-10-1-3-13(4-2-10)18-9-12(16)6-15-11-7-17-8-11/h1-4,11-12,15-16H,6-9H2. The Labute approximate surface area is 106 Å². The fourth-order valence-corrected chi connectivity index (χ4v) is 1.53. The summed E-state index contributed by atoms with van der Waals surface area (Å²) in [7, 11) is 0. The smallest absolute Gasteiger partial charge is 0.119 e. The Morgan fingerprint density at radius 3 is 2.72 bits per heavy atom. The van der Waals surface area contributed by atoms with E-state index in [9.17, 15) is 5.11 Å². The Kier molecular flexibility index (Phi) is 4.53. The van der Waals surface area contributed by atoms with Crippen LogP contribution in [0, 0.1) is 11.3 Å². The quantitative estimate of drug-likeness (QED) is 0.756. The van der Waals surface area contributed by atoms with Crippen molar-refractivity contribution in [2.45, 2.75) is 12.1 Å². The van der Waals surface area contributed by atoms with Crippen LogP contribution in [0.4, 0.5) is 0 Å². The lowest BCUT2D eigenvalue weighted by Crippen LogP contribution is -2.49. The van der Waals surface area contributed by atoms with Crippen molar-refractivity contribution >= 4 is 0 Å². The van der Waals surface area contributed by atoms with Crippen LogP contribution in [0.1, 0.15) is 5.56 Å². The van der Waals surface area contributed by atoms with Gasteiger partial charge in [0, 0.05) is 6.54 Å². The zero-order valence-electron chi connectivity index (χ0n) is 10.0. The van der Waals surface area contributed by atoms with E-state index in [1.54, 1.807) is 24.3 Å². The first-order chi connectivity index (χ1) is 8.78. The Hall–Kier alpha value is -1.61. The first-order valence-corrected chi connectivity index (χ1v) is 5.90. The van der Waals surface area contributed by atoms with Gasteiger partial charge in [0.15, 0.2) is 0 Å². The molecule has 1 aromatic rings. The van der Waals surface area contributed by atoms with E-state index in [4.69, 9.17) is 14.7 Å². The van der Waals surface area contributed by atoms with Crippen LogP contribution in [0.5, 0.6) is 5.75 Å². The lowest BCUT2D eigenvalue weighted by atomic mass is 10.2. The van der Waals surface area contributed by atoms with E-state index in [1.807, 2.05) is 6.07 Å². The monoisotopic (exact) mass is 248 g/mol. The number of aliphatic hydroxyl groups is 1. The number of ether oxygens (including phenoxy) is 2. The molecule has 2 rings (SSSR count). The minimum absolute atomic E-state index is 0.229. The van der Waals surface area contributed by atoms with Gasteiger partial charge >= 0.3 is 0 Å². The lowest BCUT2D eigenvalue weighted by molar-refractivity contribution is -0.0118. The minimum Gasteiger partial charge on any atom is -0.491 e. The molecule has 2 N–H and O–H groups in total. The number of rotatable bonds is 6. The second-order valence-corrected chi connectivity index (χ2v) is 4.24. The van der Waals surface area contributed by atoms with Gasteiger partial charge in [-0.3, -0.25) is 0 Å². The first kappa shape index (κ1) is 12.8. The van der Waals surface area contributed by atoms with E-state index in [-0.39, 0.29) is 6.61 Å². The molecule has 0 bridgehead atoms. The minimum atomic E-state index is -0.554. The molecule has 96 valence electrons. The van der Waals surface area contributed by atoms with Crippen molar-refractivity contribution in [3.8, 4) is 11.8 Å². The highest BCUT2D eigenvalue weighted by Crippen LogP contribution is 2.11. The molecule has 0 aliphatic carbocycles. The van der Waals surface area contributed by atoms with Gasteiger partial charge in [-0.1, -0.05) is 0 Å². The van der Waals surface area contributed by atoms with Gasteiger partial charge in [0.2, 0.25) is 0 Å². The van der Waals surface area contributed by atoms with Crippen molar-refractivity contribution in [2.75, 3.05) is 26.4 Å². The van der Waals surface area contributed by atoms with Crippen LogP contribution in [0.3, 0.4) is 0 Å². The summed E-state index contributed by atoms with van der Waals surface area (Å²) < 4.78 is 10.4. The maximum Gasteiger partial charge on any atom is 0.119 e. The molecule has 1 fully saturated rings. The largest absolute Gasteiger partial charge is 0.491 e. The normalized spacial score (nSPS) is 16.7.